The van der Waals surface area contributed by atoms with Crippen LogP contribution in [-0.4, -0.2) is 23.1 Å². The average molecular weight is 264 g/mol. The largest absolute Gasteiger partial charge is 0.454 e. The number of thioether (sulfide) groups is 1. The Morgan fingerprint density at radius 3 is 3.00 bits per heavy atom. The molecule has 0 aliphatic carbocycles. The highest BCUT2D eigenvalue weighted by atomic mass is 32.2. The topological polar surface area (TPSA) is 80.2 Å². The number of oxime groups is 1. The van der Waals surface area contributed by atoms with Crippen LogP contribution in [0.4, 0.5) is 0 Å². The van der Waals surface area contributed by atoms with E-state index in [9.17, 15) is 4.79 Å². The Kier molecular flexibility index (Phi) is 2.60. The first-order valence-electron chi connectivity index (χ1n) is 5.09. The minimum Gasteiger partial charge on any atom is -0.454 e. The van der Waals surface area contributed by atoms with Gasteiger partial charge in [-0.3, -0.25) is 10.1 Å². The number of benzene rings is 1. The van der Waals surface area contributed by atoms with Gasteiger partial charge in [-0.15, -0.1) is 0 Å². The molecule has 2 aliphatic rings. The van der Waals surface area contributed by atoms with Crippen LogP contribution in [0.1, 0.15) is 5.56 Å². The van der Waals surface area contributed by atoms with Crippen LogP contribution in [0.15, 0.2) is 28.3 Å². The number of nitrogens with one attached hydrogen (secondary N) is 1. The van der Waals surface area contributed by atoms with E-state index in [0.29, 0.717) is 16.4 Å². The summed E-state index contributed by atoms with van der Waals surface area (Å²) in [6, 6.07) is 5.40. The van der Waals surface area contributed by atoms with Gasteiger partial charge in [-0.1, -0.05) is 11.2 Å². The van der Waals surface area contributed by atoms with Crippen molar-refractivity contribution in [1.82, 2.24) is 5.32 Å². The fraction of sp³-hybridized carbons (Fsp3) is 0.0909. The second kappa shape index (κ2) is 4.26. The monoisotopic (exact) mass is 264 g/mol. The quantitative estimate of drug-likeness (QED) is 0.455. The lowest BCUT2D eigenvalue weighted by Crippen LogP contribution is -2.19. The molecule has 1 amide bonds. The molecule has 0 saturated carbocycles. The van der Waals surface area contributed by atoms with Crippen LogP contribution >= 0.6 is 11.8 Å². The van der Waals surface area contributed by atoms with Crippen molar-refractivity contribution < 1.29 is 19.5 Å². The van der Waals surface area contributed by atoms with E-state index >= 15 is 0 Å². The highest BCUT2D eigenvalue weighted by Crippen LogP contribution is 2.34. The minimum absolute atomic E-state index is 0.173. The molecule has 0 bridgehead atoms. The highest BCUT2D eigenvalue weighted by Gasteiger charge is 2.24. The molecule has 0 aromatic heterocycles. The second-order valence-electron chi connectivity index (χ2n) is 3.58. The molecule has 2 N–H and O–H groups in total. The first-order chi connectivity index (χ1) is 8.76. The predicted molar refractivity (Wildman–Crippen MR) is 65.5 cm³/mol. The molecule has 1 fully saturated rings. The Balaban J connectivity index is 1.90. The number of nitrogens with zero attached hydrogens (tertiary/aromatic N) is 1. The van der Waals surface area contributed by atoms with Crippen molar-refractivity contribution in [3.63, 3.8) is 0 Å². The molecular weight excluding hydrogens is 256 g/mol. The van der Waals surface area contributed by atoms with Crippen LogP contribution in [0, 0.1) is 0 Å². The van der Waals surface area contributed by atoms with Crippen LogP contribution in [0.5, 0.6) is 11.5 Å². The summed E-state index contributed by atoms with van der Waals surface area (Å²) in [5.74, 6) is 1.06. The van der Waals surface area contributed by atoms with E-state index in [1.54, 1.807) is 18.2 Å². The van der Waals surface area contributed by atoms with Gasteiger partial charge in [0.1, 0.15) is 0 Å². The van der Waals surface area contributed by atoms with Crippen LogP contribution in [-0.2, 0) is 4.79 Å². The highest BCUT2D eigenvalue weighted by molar-refractivity contribution is 8.18. The molecule has 1 aromatic rings. The normalized spacial score (nSPS) is 21.7. The fourth-order valence-electron chi connectivity index (χ4n) is 1.63. The average Bonchev–Trinajstić information content (AvgIpc) is 2.96. The third-order valence-corrected chi connectivity index (χ3v) is 3.34. The van der Waals surface area contributed by atoms with Gasteiger partial charge in [0, 0.05) is 0 Å². The standard InChI is InChI=1S/C11H8N2O4S/c14-10-9(18-11(12-10)13-15)4-6-1-2-7-8(3-6)17-5-16-7/h1-4,15H,5H2,(H,12,13,14). The first-order valence-corrected chi connectivity index (χ1v) is 5.90. The molecular formula is C11H8N2O4S. The van der Waals surface area contributed by atoms with E-state index in [0.717, 1.165) is 17.3 Å². The summed E-state index contributed by atoms with van der Waals surface area (Å²) in [5.41, 5.74) is 0.816. The van der Waals surface area contributed by atoms with Crippen LogP contribution < -0.4 is 14.8 Å². The van der Waals surface area contributed by atoms with Gasteiger partial charge in [0.2, 0.25) is 12.0 Å². The van der Waals surface area contributed by atoms with E-state index in [1.807, 2.05) is 6.07 Å². The summed E-state index contributed by atoms with van der Waals surface area (Å²) in [6.45, 7) is 0.214. The number of fused-ring (bicyclic) bond motifs is 1. The molecule has 0 unspecified atom stereocenters. The SMILES string of the molecule is O=C1N/C(=N\O)SC1=Cc1ccc2c(c1)OCO2. The van der Waals surface area contributed by atoms with Crippen molar-refractivity contribution in [2.75, 3.05) is 6.79 Å². The zero-order chi connectivity index (χ0) is 12.5. The number of amides is 1. The molecule has 6 nitrogen and oxygen atoms in total. The lowest BCUT2D eigenvalue weighted by atomic mass is 10.2. The Bertz CT molecular complexity index is 582. The number of hydrogen-bond donors (Lipinski definition) is 2. The fourth-order valence-corrected chi connectivity index (χ4v) is 2.36. The van der Waals surface area contributed by atoms with Crippen molar-refractivity contribution in [2.45, 2.75) is 0 Å². The van der Waals surface area contributed by atoms with Crippen LogP contribution in [0.2, 0.25) is 0 Å². The Labute approximate surface area is 106 Å². The third kappa shape index (κ3) is 1.88. The van der Waals surface area contributed by atoms with E-state index in [2.05, 4.69) is 10.5 Å². The Morgan fingerprint density at radius 2 is 2.22 bits per heavy atom. The number of ether oxygens (including phenoxy) is 2. The van der Waals surface area contributed by atoms with Crippen molar-refractivity contribution in [3.8, 4) is 11.5 Å². The minimum atomic E-state index is -0.287. The maximum Gasteiger partial charge on any atom is 0.264 e. The summed E-state index contributed by atoms with van der Waals surface area (Å²) < 4.78 is 10.4. The number of rotatable bonds is 1. The molecule has 0 atom stereocenters. The number of hydrogen-bond acceptors (Lipinski definition) is 6. The summed E-state index contributed by atoms with van der Waals surface area (Å²) in [6.07, 6.45) is 1.69. The number of amidine groups is 1. The van der Waals surface area contributed by atoms with Gasteiger partial charge in [0.15, 0.2) is 11.5 Å². The van der Waals surface area contributed by atoms with Gasteiger partial charge in [0.25, 0.3) is 5.91 Å². The van der Waals surface area contributed by atoms with Gasteiger partial charge in [-0.25, -0.2) is 0 Å². The van der Waals surface area contributed by atoms with E-state index < -0.39 is 0 Å². The Morgan fingerprint density at radius 1 is 1.39 bits per heavy atom. The molecule has 2 aliphatic heterocycles. The van der Waals surface area contributed by atoms with Gasteiger partial charge in [-0.2, -0.15) is 0 Å². The van der Waals surface area contributed by atoms with E-state index in [1.165, 1.54) is 0 Å². The lowest BCUT2D eigenvalue weighted by Gasteiger charge is -1.98. The smallest absolute Gasteiger partial charge is 0.264 e. The van der Waals surface area contributed by atoms with Gasteiger partial charge >= 0.3 is 0 Å². The molecule has 2 heterocycles. The first kappa shape index (κ1) is 11.0. The maximum atomic E-state index is 11.5. The number of carbonyl (C=O) groups excluding carboxylic acids is 1. The Hall–Kier alpha value is -2.15. The summed E-state index contributed by atoms with van der Waals surface area (Å²) >= 11 is 1.08. The lowest BCUT2D eigenvalue weighted by molar-refractivity contribution is -0.115. The van der Waals surface area contributed by atoms with E-state index in [-0.39, 0.29) is 17.9 Å². The van der Waals surface area contributed by atoms with Gasteiger partial charge in [-0.05, 0) is 35.5 Å². The molecule has 7 heteroatoms. The van der Waals surface area contributed by atoms with Crippen molar-refractivity contribution >= 4 is 28.9 Å². The van der Waals surface area contributed by atoms with Gasteiger partial charge < -0.3 is 14.7 Å². The van der Waals surface area contributed by atoms with Gasteiger partial charge in [0.05, 0.1) is 4.91 Å². The molecule has 3 rings (SSSR count). The zero-order valence-corrected chi connectivity index (χ0v) is 9.86. The summed E-state index contributed by atoms with van der Waals surface area (Å²) in [4.78, 5) is 12.0. The number of carbonyl (C=O) groups is 1. The molecule has 18 heavy (non-hydrogen) atoms. The van der Waals surface area contributed by atoms with E-state index in [4.69, 9.17) is 14.7 Å². The van der Waals surface area contributed by atoms with Crippen molar-refractivity contribution in [1.29, 1.82) is 0 Å². The molecule has 0 spiro atoms. The molecule has 0 radical (unpaired) electrons. The molecule has 1 saturated heterocycles. The second-order valence-corrected chi connectivity index (χ2v) is 4.61. The van der Waals surface area contributed by atoms with Crippen molar-refractivity contribution in [3.05, 3.63) is 28.7 Å². The molecule has 92 valence electrons. The summed E-state index contributed by atoms with van der Waals surface area (Å²) in [5, 5.41) is 14.1. The third-order valence-electron chi connectivity index (χ3n) is 2.44. The van der Waals surface area contributed by atoms with Crippen LogP contribution in [0.3, 0.4) is 0 Å². The zero-order valence-electron chi connectivity index (χ0n) is 9.04. The molecule has 1 aromatic carbocycles. The predicted octanol–water partition coefficient (Wildman–Crippen LogP) is 1.36. The maximum absolute atomic E-state index is 11.5. The summed E-state index contributed by atoms with van der Waals surface area (Å²) in [7, 11) is 0. The van der Waals surface area contributed by atoms with Crippen molar-refractivity contribution in [2.24, 2.45) is 5.16 Å². The van der Waals surface area contributed by atoms with Crippen LogP contribution in [0.25, 0.3) is 6.08 Å².